The summed E-state index contributed by atoms with van der Waals surface area (Å²) < 4.78 is 10.7. The minimum absolute atomic E-state index is 0.0691. The quantitative estimate of drug-likeness (QED) is 0.322. The first kappa shape index (κ1) is 21.6. The monoisotopic (exact) mass is 449 g/mol. The Kier molecular flexibility index (Phi) is 6.01. The van der Waals surface area contributed by atoms with E-state index in [1.807, 2.05) is 31.4 Å². The van der Waals surface area contributed by atoms with Gasteiger partial charge in [0.15, 0.2) is 0 Å². The number of carbonyl (C=O) groups is 2. The van der Waals surface area contributed by atoms with E-state index in [-0.39, 0.29) is 11.3 Å². The molecule has 1 aromatic heterocycles. The van der Waals surface area contributed by atoms with E-state index in [9.17, 15) is 14.7 Å². The number of ketones is 1. The lowest BCUT2D eigenvalue weighted by Crippen LogP contribution is -2.29. The molecule has 0 aliphatic carbocycles. The van der Waals surface area contributed by atoms with Gasteiger partial charge in [-0.2, -0.15) is 0 Å². The van der Waals surface area contributed by atoms with Gasteiger partial charge in [0.25, 0.3) is 11.7 Å². The molecule has 1 aliphatic heterocycles. The number of hydrogen-bond donors (Lipinski definition) is 1. The van der Waals surface area contributed by atoms with Gasteiger partial charge in [-0.25, -0.2) is 0 Å². The largest absolute Gasteiger partial charge is 0.507 e. The maximum atomic E-state index is 13.2. The van der Waals surface area contributed by atoms with Crippen molar-refractivity contribution in [3.05, 3.63) is 81.6 Å². The summed E-state index contributed by atoms with van der Waals surface area (Å²) >= 11 is 1.42. The lowest BCUT2D eigenvalue weighted by atomic mass is 9.97. The third kappa shape index (κ3) is 3.76. The zero-order chi connectivity index (χ0) is 22.8. The molecule has 3 aromatic rings. The van der Waals surface area contributed by atoms with Gasteiger partial charge in [-0.15, -0.1) is 11.3 Å². The van der Waals surface area contributed by atoms with Gasteiger partial charge in [0.1, 0.15) is 23.3 Å². The molecule has 164 valence electrons. The highest BCUT2D eigenvalue weighted by atomic mass is 32.1. The number of Topliss-reactive ketones (excluding diaryl/α,β-unsaturated/α-hetero) is 1. The summed E-state index contributed by atoms with van der Waals surface area (Å²) in [6.45, 7) is 4.24. The number of anilines is 1. The normalized spacial score (nSPS) is 17.6. The van der Waals surface area contributed by atoms with Crippen LogP contribution in [0.3, 0.4) is 0 Å². The lowest BCUT2D eigenvalue weighted by molar-refractivity contribution is -0.132. The minimum Gasteiger partial charge on any atom is -0.507 e. The maximum absolute atomic E-state index is 13.2. The highest BCUT2D eigenvalue weighted by Crippen LogP contribution is 2.44. The molecule has 4 rings (SSSR count). The molecule has 1 N–H and O–H groups in total. The number of thiophene rings is 1. The minimum atomic E-state index is -0.727. The summed E-state index contributed by atoms with van der Waals surface area (Å²) in [4.78, 5) is 28.5. The molecular weight excluding hydrogens is 426 g/mol. The number of rotatable bonds is 6. The van der Waals surface area contributed by atoms with Gasteiger partial charge in [0, 0.05) is 16.1 Å². The Morgan fingerprint density at radius 3 is 2.41 bits per heavy atom. The number of hydrogen-bond acceptors (Lipinski definition) is 6. The Balaban J connectivity index is 1.86. The lowest BCUT2D eigenvalue weighted by Gasteiger charge is -2.24. The Morgan fingerprint density at radius 2 is 1.81 bits per heavy atom. The van der Waals surface area contributed by atoms with Gasteiger partial charge in [-0.3, -0.25) is 14.5 Å². The third-order valence-corrected chi connectivity index (χ3v) is 6.30. The van der Waals surface area contributed by atoms with Gasteiger partial charge >= 0.3 is 0 Å². The number of aliphatic hydroxyl groups is 1. The standard InChI is InChI=1S/C25H23NO5S/c1-4-31-17-9-7-16(8-10-17)26-22(20-6-5-13-32-20)21(24(28)25(26)29)23(27)19-12-11-18(30-3)14-15(19)2/h5-14,22,27H,4H2,1-3H3/b23-21-. The van der Waals surface area contributed by atoms with Crippen molar-refractivity contribution in [2.45, 2.75) is 19.9 Å². The van der Waals surface area contributed by atoms with E-state index >= 15 is 0 Å². The third-order valence-electron chi connectivity index (χ3n) is 5.37. The topological polar surface area (TPSA) is 76.1 Å². The zero-order valence-corrected chi connectivity index (χ0v) is 18.8. The van der Waals surface area contributed by atoms with E-state index in [0.29, 0.717) is 29.4 Å². The van der Waals surface area contributed by atoms with Crippen molar-refractivity contribution in [2.75, 3.05) is 18.6 Å². The van der Waals surface area contributed by atoms with Crippen molar-refractivity contribution in [1.82, 2.24) is 0 Å². The van der Waals surface area contributed by atoms with Crippen LogP contribution in [0.15, 0.2) is 65.6 Å². The average Bonchev–Trinajstić information content (AvgIpc) is 3.41. The van der Waals surface area contributed by atoms with Crippen LogP contribution >= 0.6 is 11.3 Å². The fraction of sp³-hybridized carbons (Fsp3) is 0.200. The molecule has 0 saturated carbocycles. The second kappa shape index (κ2) is 8.88. The average molecular weight is 450 g/mol. The Labute approximate surface area is 190 Å². The van der Waals surface area contributed by atoms with E-state index in [1.165, 1.54) is 16.2 Å². The molecule has 1 unspecified atom stereocenters. The predicted molar refractivity (Wildman–Crippen MR) is 124 cm³/mol. The van der Waals surface area contributed by atoms with Crippen molar-refractivity contribution in [3.63, 3.8) is 0 Å². The molecule has 32 heavy (non-hydrogen) atoms. The van der Waals surface area contributed by atoms with Crippen LogP contribution in [0.25, 0.3) is 5.76 Å². The van der Waals surface area contributed by atoms with Gasteiger partial charge < -0.3 is 14.6 Å². The first-order valence-corrected chi connectivity index (χ1v) is 11.1. The number of aryl methyl sites for hydroxylation is 1. The highest BCUT2D eigenvalue weighted by Gasteiger charge is 2.47. The van der Waals surface area contributed by atoms with Crippen LogP contribution in [0.5, 0.6) is 11.5 Å². The Morgan fingerprint density at radius 1 is 1.09 bits per heavy atom. The fourth-order valence-electron chi connectivity index (χ4n) is 3.86. The number of aliphatic hydroxyl groups excluding tert-OH is 1. The molecule has 1 atom stereocenters. The van der Waals surface area contributed by atoms with Crippen molar-refractivity contribution >= 4 is 34.5 Å². The van der Waals surface area contributed by atoms with Crippen LogP contribution in [-0.4, -0.2) is 30.5 Å². The summed E-state index contributed by atoms with van der Waals surface area (Å²) in [6.07, 6.45) is 0. The molecule has 2 heterocycles. The van der Waals surface area contributed by atoms with Crippen LogP contribution in [0.4, 0.5) is 5.69 Å². The number of amides is 1. The van der Waals surface area contributed by atoms with Crippen molar-refractivity contribution in [1.29, 1.82) is 0 Å². The SMILES string of the molecule is CCOc1ccc(N2C(=O)C(=O)/C(=C(\O)c3ccc(OC)cc3C)C2c2cccs2)cc1. The van der Waals surface area contributed by atoms with Gasteiger partial charge in [-0.1, -0.05) is 6.07 Å². The number of nitrogens with zero attached hydrogens (tertiary/aromatic N) is 1. The van der Waals surface area contributed by atoms with Gasteiger partial charge in [-0.05, 0) is 73.3 Å². The number of methoxy groups -OCH3 is 1. The molecule has 1 aliphatic rings. The van der Waals surface area contributed by atoms with E-state index < -0.39 is 17.7 Å². The second-order valence-corrected chi connectivity index (χ2v) is 8.27. The molecule has 1 fully saturated rings. The van der Waals surface area contributed by atoms with Gasteiger partial charge in [0.05, 0.1) is 19.3 Å². The van der Waals surface area contributed by atoms with Crippen LogP contribution in [0.2, 0.25) is 0 Å². The Hall–Kier alpha value is -3.58. The molecule has 1 saturated heterocycles. The summed E-state index contributed by atoms with van der Waals surface area (Å²) in [5.41, 5.74) is 1.84. The van der Waals surface area contributed by atoms with E-state index in [1.54, 1.807) is 49.6 Å². The molecule has 0 bridgehead atoms. The highest BCUT2D eigenvalue weighted by molar-refractivity contribution is 7.10. The molecule has 0 spiro atoms. The van der Waals surface area contributed by atoms with Crippen molar-refractivity contribution in [2.24, 2.45) is 0 Å². The molecule has 0 radical (unpaired) electrons. The summed E-state index contributed by atoms with van der Waals surface area (Å²) in [6, 6.07) is 15.2. The number of benzene rings is 2. The van der Waals surface area contributed by atoms with Crippen molar-refractivity contribution in [3.8, 4) is 11.5 Å². The Bertz CT molecular complexity index is 1180. The van der Waals surface area contributed by atoms with Crippen LogP contribution in [0.1, 0.15) is 29.0 Å². The van der Waals surface area contributed by atoms with E-state index in [4.69, 9.17) is 9.47 Å². The summed E-state index contributed by atoms with van der Waals surface area (Å²) in [7, 11) is 1.56. The molecule has 7 heteroatoms. The molecule has 2 aromatic carbocycles. The van der Waals surface area contributed by atoms with Crippen LogP contribution in [-0.2, 0) is 9.59 Å². The van der Waals surface area contributed by atoms with Gasteiger partial charge in [0.2, 0.25) is 0 Å². The first-order chi connectivity index (χ1) is 15.5. The molecule has 1 amide bonds. The summed E-state index contributed by atoms with van der Waals surface area (Å²) in [5, 5.41) is 13.1. The number of ether oxygens (including phenoxy) is 2. The van der Waals surface area contributed by atoms with Crippen LogP contribution < -0.4 is 14.4 Å². The molecule has 6 nitrogen and oxygen atoms in total. The zero-order valence-electron chi connectivity index (χ0n) is 18.0. The smallest absolute Gasteiger partial charge is 0.300 e. The van der Waals surface area contributed by atoms with E-state index in [2.05, 4.69) is 0 Å². The number of carbonyl (C=O) groups excluding carboxylic acids is 2. The predicted octanol–water partition coefficient (Wildman–Crippen LogP) is 5.09. The second-order valence-electron chi connectivity index (χ2n) is 7.29. The van der Waals surface area contributed by atoms with Crippen molar-refractivity contribution < 1.29 is 24.2 Å². The van der Waals surface area contributed by atoms with E-state index in [0.717, 1.165) is 10.4 Å². The fourth-order valence-corrected chi connectivity index (χ4v) is 4.68. The maximum Gasteiger partial charge on any atom is 0.300 e. The van der Waals surface area contributed by atoms with Crippen LogP contribution in [0, 0.1) is 6.92 Å². The first-order valence-electron chi connectivity index (χ1n) is 10.2. The summed E-state index contributed by atoms with van der Waals surface area (Å²) in [5.74, 6) is -0.279. The molecular formula is C25H23NO5S.